The smallest absolute Gasteiger partial charge is 0.188 e. The molecule has 1 aromatic heterocycles. The molecule has 4 N–H and O–H groups in total. The largest absolute Gasteiger partial charge is 0.493 e. The highest BCUT2D eigenvalue weighted by Gasteiger charge is 2.06. The van der Waals surface area contributed by atoms with Gasteiger partial charge in [0.05, 0.1) is 20.8 Å². The summed E-state index contributed by atoms with van der Waals surface area (Å²) in [6, 6.07) is 10.3. The number of fused-ring (bicyclic) bond motifs is 1. The summed E-state index contributed by atoms with van der Waals surface area (Å²) >= 11 is 0. The number of hydrogen-bond acceptors (Lipinski definition) is 3. The Morgan fingerprint density at radius 1 is 1.14 bits per heavy atom. The van der Waals surface area contributed by atoms with E-state index in [-0.39, 0.29) is 29.8 Å². The van der Waals surface area contributed by atoms with E-state index in [4.69, 9.17) is 15.2 Å². The second kappa shape index (κ2) is 10.2. The molecule has 6 nitrogen and oxygen atoms in total. The number of methoxy groups -OCH3 is 2. The van der Waals surface area contributed by atoms with Crippen molar-refractivity contribution < 1.29 is 13.9 Å². The Hall–Kier alpha value is -2.49. The van der Waals surface area contributed by atoms with E-state index < -0.39 is 0 Å². The molecule has 0 fully saturated rings. The number of rotatable bonds is 7. The van der Waals surface area contributed by atoms with E-state index in [1.54, 1.807) is 20.3 Å². The van der Waals surface area contributed by atoms with Crippen LogP contribution in [0.3, 0.4) is 0 Å². The fourth-order valence-electron chi connectivity index (χ4n) is 2.89. The summed E-state index contributed by atoms with van der Waals surface area (Å²) in [7, 11) is 3.19. The van der Waals surface area contributed by atoms with Crippen molar-refractivity contribution >= 4 is 40.8 Å². The van der Waals surface area contributed by atoms with Gasteiger partial charge in [-0.2, -0.15) is 0 Å². The Labute approximate surface area is 180 Å². The van der Waals surface area contributed by atoms with Crippen LogP contribution in [0.5, 0.6) is 11.5 Å². The molecule has 0 radical (unpaired) electrons. The highest BCUT2D eigenvalue weighted by atomic mass is 127. The van der Waals surface area contributed by atoms with Crippen molar-refractivity contribution in [2.45, 2.75) is 13.0 Å². The van der Waals surface area contributed by atoms with E-state index in [0.29, 0.717) is 37.0 Å². The third kappa shape index (κ3) is 5.28. The zero-order valence-corrected chi connectivity index (χ0v) is 18.1. The maximum absolute atomic E-state index is 13.4. The Morgan fingerprint density at radius 3 is 2.68 bits per heavy atom. The zero-order valence-electron chi connectivity index (χ0n) is 15.8. The van der Waals surface area contributed by atoms with E-state index in [2.05, 4.69) is 15.3 Å². The third-order valence-corrected chi connectivity index (χ3v) is 4.31. The number of aromatic amines is 1. The second-order valence-corrected chi connectivity index (χ2v) is 6.07. The van der Waals surface area contributed by atoms with E-state index in [1.165, 1.54) is 12.1 Å². The zero-order chi connectivity index (χ0) is 19.2. The van der Waals surface area contributed by atoms with Crippen LogP contribution in [0, 0.1) is 5.82 Å². The van der Waals surface area contributed by atoms with Gasteiger partial charge in [-0.05, 0) is 47.9 Å². The molecule has 0 spiro atoms. The van der Waals surface area contributed by atoms with Crippen molar-refractivity contribution in [3.63, 3.8) is 0 Å². The van der Waals surface area contributed by atoms with Crippen LogP contribution in [0.1, 0.15) is 11.1 Å². The highest BCUT2D eigenvalue weighted by molar-refractivity contribution is 14.0. The Balaban J connectivity index is 0.00000280. The van der Waals surface area contributed by atoms with Crippen LogP contribution >= 0.6 is 24.0 Å². The molecule has 0 saturated carbocycles. The van der Waals surface area contributed by atoms with Crippen LogP contribution in [0.25, 0.3) is 10.9 Å². The number of H-pyrrole nitrogens is 1. The SMILES string of the molecule is COc1ccc(CN=C(N)NCCc2c[nH]c3ccc(F)cc23)cc1OC.I. The molecule has 0 unspecified atom stereocenters. The van der Waals surface area contributed by atoms with Crippen LogP contribution in [-0.2, 0) is 13.0 Å². The topological polar surface area (TPSA) is 84.7 Å². The molecule has 2 aromatic carbocycles. The van der Waals surface area contributed by atoms with Gasteiger partial charge in [0.2, 0.25) is 0 Å². The van der Waals surface area contributed by atoms with E-state index in [9.17, 15) is 4.39 Å². The number of benzene rings is 2. The van der Waals surface area contributed by atoms with Crippen molar-refractivity contribution in [1.29, 1.82) is 0 Å². The van der Waals surface area contributed by atoms with E-state index in [1.807, 2.05) is 24.4 Å². The third-order valence-electron chi connectivity index (χ3n) is 4.31. The number of ether oxygens (including phenoxy) is 2. The summed E-state index contributed by atoms with van der Waals surface area (Å²) in [4.78, 5) is 7.48. The first-order chi connectivity index (χ1) is 13.1. The summed E-state index contributed by atoms with van der Waals surface area (Å²) in [6.45, 7) is 1.03. The summed E-state index contributed by atoms with van der Waals surface area (Å²) in [5, 5.41) is 3.97. The minimum Gasteiger partial charge on any atom is -0.493 e. The molecular formula is C20H24FIN4O2. The Bertz CT molecular complexity index is 959. The quantitative estimate of drug-likeness (QED) is 0.264. The number of halogens is 2. The van der Waals surface area contributed by atoms with Crippen molar-refractivity contribution in [2.24, 2.45) is 10.7 Å². The molecule has 0 aliphatic rings. The van der Waals surface area contributed by atoms with Gasteiger partial charge in [0.1, 0.15) is 5.82 Å². The van der Waals surface area contributed by atoms with Gasteiger partial charge in [-0.3, -0.25) is 0 Å². The molecule has 0 saturated heterocycles. The lowest BCUT2D eigenvalue weighted by molar-refractivity contribution is 0.354. The average Bonchev–Trinajstić information content (AvgIpc) is 3.08. The van der Waals surface area contributed by atoms with Gasteiger partial charge >= 0.3 is 0 Å². The predicted molar refractivity (Wildman–Crippen MR) is 120 cm³/mol. The fraction of sp³-hybridized carbons (Fsp3) is 0.250. The first-order valence-corrected chi connectivity index (χ1v) is 8.61. The van der Waals surface area contributed by atoms with E-state index >= 15 is 0 Å². The minimum absolute atomic E-state index is 0. The monoisotopic (exact) mass is 498 g/mol. The number of aromatic nitrogens is 1. The van der Waals surface area contributed by atoms with Crippen molar-refractivity contribution in [3.05, 3.63) is 59.5 Å². The van der Waals surface area contributed by atoms with Gasteiger partial charge in [-0.15, -0.1) is 24.0 Å². The van der Waals surface area contributed by atoms with Crippen LogP contribution < -0.4 is 20.5 Å². The van der Waals surface area contributed by atoms with Gasteiger partial charge in [-0.25, -0.2) is 9.38 Å². The van der Waals surface area contributed by atoms with Gasteiger partial charge < -0.3 is 25.5 Å². The van der Waals surface area contributed by atoms with Crippen molar-refractivity contribution in [1.82, 2.24) is 10.3 Å². The molecule has 0 aliphatic heterocycles. The average molecular weight is 498 g/mol. The number of aliphatic imine (C=N–C) groups is 1. The molecule has 0 amide bonds. The van der Waals surface area contributed by atoms with Gasteiger partial charge in [0.25, 0.3) is 0 Å². The lowest BCUT2D eigenvalue weighted by atomic mass is 10.1. The van der Waals surface area contributed by atoms with Crippen molar-refractivity contribution in [2.75, 3.05) is 20.8 Å². The van der Waals surface area contributed by atoms with Gasteiger partial charge in [-0.1, -0.05) is 6.07 Å². The number of hydrogen-bond donors (Lipinski definition) is 3. The molecule has 3 rings (SSSR count). The first-order valence-electron chi connectivity index (χ1n) is 8.61. The summed E-state index contributed by atoms with van der Waals surface area (Å²) < 4.78 is 23.9. The van der Waals surface area contributed by atoms with Crippen molar-refractivity contribution in [3.8, 4) is 11.5 Å². The summed E-state index contributed by atoms with van der Waals surface area (Å²) in [5.74, 6) is 1.44. The number of nitrogens with two attached hydrogens (primary N) is 1. The lowest BCUT2D eigenvalue weighted by Gasteiger charge is -2.09. The molecule has 3 aromatic rings. The van der Waals surface area contributed by atoms with Gasteiger partial charge in [0, 0.05) is 23.6 Å². The predicted octanol–water partition coefficient (Wildman–Crippen LogP) is 3.59. The standard InChI is InChI=1S/C20H23FN4O2.HI/c1-26-18-6-3-13(9-19(18)27-2)11-25-20(22)23-8-7-14-12-24-17-5-4-15(21)10-16(14)17;/h3-6,9-10,12,24H,7-8,11H2,1-2H3,(H3,22,23,25);1H. The molecule has 8 heteroatoms. The molecular weight excluding hydrogens is 474 g/mol. The summed E-state index contributed by atoms with van der Waals surface area (Å²) in [5.41, 5.74) is 8.85. The normalized spacial score (nSPS) is 11.2. The maximum Gasteiger partial charge on any atom is 0.188 e. The molecule has 0 bridgehead atoms. The minimum atomic E-state index is -0.243. The molecule has 150 valence electrons. The highest BCUT2D eigenvalue weighted by Crippen LogP contribution is 2.27. The number of nitrogens with one attached hydrogen (secondary N) is 2. The second-order valence-electron chi connectivity index (χ2n) is 6.07. The van der Waals surface area contributed by atoms with Crippen LogP contribution in [0.4, 0.5) is 4.39 Å². The summed E-state index contributed by atoms with van der Waals surface area (Å²) in [6.07, 6.45) is 2.60. The van der Waals surface area contributed by atoms with Crippen LogP contribution in [0.15, 0.2) is 47.6 Å². The Morgan fingerprint density at radius 2 is 1.93 bits per heavy atom. The fourth-order valence-corrected chi connectivity index (χ4v) is 2.89. The molecule has 0 aliphatic carbocycles. The lowest BCUT2D eigenvalue weighted by Crippen LogP contribution is -2.33. The van der Waals surface area contributed by atoms with E-state index in [0.717, 1.165) is 22.0 Å². The number of nitrogens with zero attached hydrogens (tertiary/aromatic N) is 1. The molecule has 28 heavy (non-hydrogen) atoms. The molecule has 0 atom stereocenters. The Kier molecular flexibility index (Phi) is 7.91. The van der Waals surface area contributed by atoms with Crippen LogP contribution in [0.2, 0.25) is 0 Å². The molecule has 1 heterocycles. The maximum atomic E-state index is 13.4. The van der Waals surface area contributed by atoms with Gasteiger partial charge in [0.15, 0.2) is 17.5 Å². The number of guanidine groups is 1. The first kappa shape index (κ1) is 21.8. The van der Waals surface area contributed by atoms with Crippen LogP contribution in [-0.4, -0.2) is 31.7 Å².